The molecule has 1 amide bonds. The normalized spacial score (nSPS) is 12.3. The number of halogens is 2. The summed E-state index contributed by atoms with van der Waals surface area (Å²) >= 11 is 0. The standard InChI is InChI=1S/C11H14F2N2O2/c1-6(16)5-15(2)11(17)7-3-8(12)9(13)4-10(7)14/h3-4,6,16H,5,14H2,1-2H3. The molecule has 17 heavy (non-hydrogen) atoms. The van der Waals surface area contributed by atoms with Crippen LogP contribution in [0.3, 0.4) is 0 Å². The Hall–Kier alpha value is -1.69. The molecule has 0 spiro atoms. The molecule has 6 heteroatoms. The number of likely N-dealkylation sites (N-methyl/N-ethyl adjacent to an activating group) is 1. The maximum absolute atomic E-state index is 13.0. The van der Waals surface area contributed by atoms with Crippen LogP contribution in [0.2, 0.25) is 0 Å². The van der Waals surface area contributed by atoms with Crippen LogP contribution in [0.1, 0.15) is 17.3 Å². The van der Waals surface area contributed by atoms with E-state index in [-0.39, 0.29) is 17.8 Å². The van der Waals surface area contributed by atoms with Crippen LogP contribution in [0, 0.1) is 11.6 Å². The van der Waals surface area contributed by atoms with Crippen molar-refractivity contribution < 1.29 is 18.7 Å². The molecule has 0 aliphatic carbocycles. The van der Waals surface area contributed by atoms with Crippen LogP contribution in [-0.4, -0.2) is 35.6 Å². The molecule has 4 nitrogen and oxygen atoms in total. The van der Waals surface area contributed by atoms with Gasteiger partial charge in [-0.2, -0.15) is 0 Å². The monoisotopic (exact) mass is 244 g/mol. The van der Waals surface area contributed by atoms with Crippen LogP contribution in [0.25, 0.3) is 0 Å². The minimum absolute atomic E-state index is 0.0806. The number of nitrogens with zero attached hydrogens (tertiary/aromatic N) is 1. The number of rotatable bonds is 3. The van der Waals surface area contributed by atoms with Gasteiger partial charge in [0.25, 0.3) is 5.91 Å². The Morgan fingerprint density at radius 2 is 2.00 bits per heavy atom. The molecule has 94 valence electrons. The van der Waals surface area contributed by atoms with Gasteiger partial charge in [0.05, 0.1) is 11.7 Å². The second-order valence-corrected chi connectivity index (χ2v) is 3.89. The Morgan fingerprint density at radius 3 is 2.53 bits per heavy atom. The van der Waals surface area contributed by atoms with E-state index in [1.165, 1.54) is 18.9 Å². The van der Waals surface area contributed by atoms with Gasteiger partial charge in [-0.3, -0.25) is 4.79 Å². The first-order valence-corrected chi connectivity index (χ1v) is 5.01. The van der Waals surface area contributed by atoms with Crippen molar-refractivity contribution in [2.75, 3.05) is 19.3 Å². The zero-order chi connectivity index (χ0) is 13.2. The summed E-state index contributed by atoms with van der Waals surface area (Å²) < 4.78 is 25.8. The average Bonchev–Trinajstić information content (AvgIpc) is 2.21. The highest BCUT2D eigenvalue weighted by Gasteiger charge is 2.18. The number of nitrogens with two attached hydrogens (primary N) is 1. The van der Waals surface area contributed by atoms with E-state index in [4.69, 9.17) is 10.8 Å². The van der Waals surface area contributed by atoms with Gasteiger partial charge >= 0.3 is 0 Å². The van der Waals surface area contributed by atoms with E-state index in [1.54, 1.807) is 0 Å². The summed E-state index contributed by atoms with van der Waals surface area (Å²) in [7, 11) is 1.44. The van der Waals surface area contributed by atoms with Crippen LogP contribution in [0.4, 0.5) is 14.5 Å². The maximum Gasteiger partial charge on any atom is 0.255 e. The number of carbonyl (C=O) groups excluding carboxylic acids is 1. The topological polar surface area (TPSA) is 66.6 Å². The van der Waals surface area contributed by atoms with Crippen molar-refractivity contribution in [2.45, 2.75) is 13.0 Å². The fourth-order valence-corrected chi connectivity index (χ4v) is 1.43. The Balaban J connectivity index is 3.00. The van der Waals surface area contributed by atoms with Crippen molar-refractivity contribution in [1.29, 1.82) is 0 Å². The van der Waals surface area contributed by atoms with Crippen LogP contribution in [0.15, 0.2) is 12.1 Å². The number of amides is 1. The third-order valence-electron chi connectivity index (χ3n) is 2.21. The predicted octanol–water partition coefficient (Wildman–Crippen LogP) is 1.000. The van der Waals surface area contributed by atoms with Crippen LogP contribution in [-0.2, 0) is 0 Å². The lowest BCUT2D eigenvalue weighted by atomic mass is 10.1. The van der Waals surface area contributed by atoms with Gasteiger partial charge in [-0.25, -0.2) is 8.78 Å². The van der Waals surface area contributed by atoms with E-state index in [1.807, 2.05) is 0 Å². The highest BCUT2D eigenvalue weighted by molar-refractivity contribution is 5.99. The third-order valence-corrected chi connectivity index (χ3v) is 2.21. The third kappa shape index (κ3) is 3.13. The number of anilines is 1. The van der Waals surface area contributed by atoms with E-state index in [0.29, 0.717) is 0 Å². The van der Waals surface area contributed by atoms with Gasteiger partial charge in [-0.1, -0.05) is 0 Å². The molecule has 0 heterocycles. The van der Waals surface area contributed by atoms with Crippen LogP contribution in [0.5, 0.6) is 0 Å². The number of nitrogen functional groups attached to an aromatic ring is 1. The molecule has 1 rings (SSSR count). The number of aliphatic hydroxyl groups is 1. The lowest BCUT2D eigenvalue weighted by molar-refractivity contribution is 0.0704. The molecule has 0 bridgehead atoms. The molecule has 1 aromatic rings. The smallest absolute Gasteiger partial charge is 0.255 e. The van der Waals surface area contributed by atoms with Crippen molar-refractivity contribution in [3.05, 3.63) is 29.3 Å². The van der Waals surface area contributed by atoms with E-state index in [9.17, 15) is 13.6 Å². The first-order chi connectivity index (χ1) is 7.82. The molecular formula is C11H14F2N2O2. The second-order valence-electron chi connectivity index (χ2n) is 3.89. The molecule has 0 saturated heterocycles. The number of benzene rings is 1. The van der Waals surface area contributed by atoms with Gasteiger partial charge in [0.1, 0.15) is 0 Å². The molecule has 1 unspecified atom stereocenters. The molecule has 0 aliphatic heterocycles. The predicted molar refractivity (Wildman–Crippen MR) is 59.4 cm³/mol. The van der Waals surface area contributed by atoms with Gasteiger partial charge in [-0.05, 0) is 13.0 Å². The fraction of sp³-hybridized carbons (Fsp3) is 0.364. The average molecular weight is 244 g/mol. The fourth-order valence-electron chi connectivity index (χ4n) is 1.43. The molecule has 3 N–H and O–H groups in total. The first kappa shape index (κ1) is 13.4. The lowest BCUT2D eigenvalue weighted by Gasteiger charge is -2.19. The van der Waals surface area contributed by atoms with Crippen molar-refractivity contribution in [1.82, 2.24) is 4.90 Å². The molecule has 0 saturated carbocycles. The number of carbonyl (C=O) groups is 1. The number of hydrogen-bond acceptors (Lipinski definition) is 3. The van der Waals surface area contributed by atoms with Gasteiger partial charge < -0.3 is 15.7 Å². The van der Waals surface area contributed by atoms with E-state index in [0.717, 1.165) is 12.1 Å². The summed E-state index contributed by atoms with van der Waals surface area (Å²) in [6, 6.07) is 1.52. The van der Waals surface area contributed by atoms with Crippen molar-refractivity contribution in [3.8, 4) is 0 Å². The summed E-state index contributed by atoms with van der Waals surface area (Å²) in [6.45, 7) is 1.59. The Kier molecular flexibility index (Phi) is 4.01. The Morgan fingerprint density at radius 1 is 1.47 bits per heavy atom. The molecular weight excluding hydrogens is 230 g/mol. The highest BCUT2D eigenvalue weighted by atomic mass is 19.2. The first-order valence-electron chi connectivity index (χ1n) is 5.01. The summed E-state index contributed by atoms with van der Waals surface area (Å²) in [5, 5.41) is 9.13. The maximum atomic E-state index is 13.0. The molecule has 0 radical (unpaired) electrons. The minimum atomic E-state index is -1.13. The molecule has 1 aromatic carbocycles. The van der Waals surface area contributed by atoms with Crippen molar-refractivity contribution >= 4 is 11.6 Å². The Bertz CT molecular complexity index is 436. The summed E-state index contributed by atoms with van der Waals surface area (Å²) in [5.41, 5.74) is 5.19. The zero-order valence-corrected chi connectivity index (χ0v) is 9.58. The minimum Gasteiger partial charge on any atom is -0.398 e. The second kappa shape index (κ2) is 5.09. The largest absolute Gasteiger partial charge is 0.398 e. The molecule has 0 aliphatic rings. The number of hydrogen-bond donors (Lipinski definition) is 2. The van der Waals surface area contributed by atoms with E-state index in [2.05, 4.69) is 0 Å². The lowest BCUT2D eigenvalue weighted by Crippen LogP contribution is -2.33. The summed E-state index contributed by atoms with van der Waals surface area (Å²) in [6.07, 6.45) is -0.713. The van der Waals surface area contributed by atoms with Crippen LogP contribution < -0.4 is 5.73 Å². The molecule has 0 fully saturated rings. The highest BCUT2D eigenvalue weighted by Crippen LogP contribution is 2.18. The van der Waals surface area contributed by atoms with Crippen molar-refractivity contribution in [2.24, 2.45) is 0 Å². The molecule has 1 atom stereocenters. The van der Waals surface area contributed by atoms with Gasteiger partial charge in [-0.15, -0.1) is 0 Å². The summed E-state index contributed by atoms with van der Waals surface area (Å²) in [4.78, 5) is 13.0. The SMILES string of the molecule is CC(O)CN(C)C(=O)c1cc(F)c(F)cc1N. The Labute approximate surface area is 97.6 Å². The van der Waals surface area contributed by atoms with Crippen LogP contribution >= 0.6 is 0 Å². The van der Waals surface area contributed by atoms with Crippen molar-refractivity contribution in [3.63, 3.8) is 0 Å². The quantitative estimate of drug-likeness (QED) is 0.779. The van der Waals surface area contributed by atoms with E-state index >= 15 is 0 Å². The molecule has 0 aromatic heterocycles. The number of aliphatic hydroxyl groups excluding tert-OH is 1. The summed E-state index contributed by atoms with van der Waals surface area (Å²) in [5.74, 6) is -2.80. The van der Waals surface area contributed by atoms with E-state index < -0.39 is 23.6 Å². The zero-order valence-electron chi connectivity index (χ0n) is 9.58. The van der Waals surface area contributed by atoms with Gasteiger partial charge in [0, 0.05) is 25.3 Å². The van der Waals surface area contributed by atoms with Gasteiger partial charge in [0.15, 0.2) is 11.6 Å². The van der Waals surface area contributed by atoms with Gasteiger partial charge in [0.2, 0.25) is 0 Å².